The van der Waals surface area contributed by atoms with E-state index in [4.69, 9.17) is 4.98 Å². The number of para-hydroxylation sites is 1. The molecule has 3 aromatic heterocycles. The van der Waals surface area contributed by atoms with Crippen molar-refractivity contribution in [3.05, 3.63) is 59.7 Å². The van der Waals surface area contributed by atoms with E-state index in [2.05, 4.69) is 15.5 Å². The van der Waals surface area contributed by atoms with E-state index in [9.17, 15) is 4.79 Å². The summed E-state index contributed by atoms with van der Waals surface area (Å²) in [6.07, 6.45) is 3.63. The maximum Gasteiger partial charge on any atom is 0.256 e. The SMILES string of the molecule is CCn1cc(-c2cc(C(=O)Nc3cnn(C)c3C)c3ccccc3n2)c(C)n1. The Hall–Kier alpha value is -3.48. The molecular formula is C21H22N6O. The molecule has 4 aromatic rings. The molecule has 0 aliphatic rings. The number of amides is 1. The molecule has 0 saturated carbocycles. The largest absolute Gasteiger partial charge is 0.319 e. The lowest BCUT2D eigenvalue weighted by molar-refractivity contribution is 0.102. The van der Waals surface area contributed by atoms with Crippen LogP contribution in [0.4, 0.5) is 5.69 Å². The topological polar surface area (TPSA) is 77.6 Å². The minimum atomic E-state index is -0.184. The van der Waals surface area contributed by atoms with Gasteiger partial charge in [0.1, 0.15) is 0 Å². The van der Waals surface area contributed by atoms with Gasteiger partial charge in [-0.05, 0) is 32.9 Å². The zero-order valence-corrected chi connectivity index (χ0v) is 16.4. The Morgan fingerprint density at radius 1 is 1.21 bits per heavy atom. The number of carbonyl (C=O) groups excluding carboxylic acids is 1. The molecule has 0 atom stereocenters. The molecule has 1 aromatic carbocycles. The van der Waals surface area contributed by atoms with E-state index in [1.165, 1.54) is 0 Å². The number of carbonyl (C=O) groups is 1. The van der Waals surface area contributed by atoms with E-state index in [0.29, 0.717) is 11.3 Å². The second kappa shape index (κ2) is 6.92. The summed E-state index contributed by atoms with van der Waals surface area (Å²) in [5.74, 6) is -0.184. The summed E-state index contributed by atoms with van der Waals surface area (Å²) in [7, 11) is 1.85. The Bertz CT molecular complexity index is 1190. The number of aryl methyl sites for hydroxylation is 3. The van der Waals surface area contributed by atoms with Crippen molar-refractivity contribution in [3.8, 4) is 11.3 Å². The second-order valence-electron chi connectivity index (χ2n) is 6.78. The van der Waals surface area contributed by atoms with E-state index in [1.54, 1.807) is 10.9 Å². The molecule has 0 aliphatic heterocycles. The monoisotopic (exact) mass is 374 g/mol. The Morgan fingerprint density at radius 3 is 2.68 bits per heavy atom. The fourth-order valence-corrected chi connectivity index (χ4v) is 3.24. The molecule has 4 rings (SSSR count). The van der Waals surface area contributed by atoms with Crippen molar-refractivity contribution < 1.29 is 4.79 Å². The number of nitrogens with one attached hydrogen (secondary N) is 1. The van der Waals surface area contributed by atoms with Gasteiger partial charge in [-0.15, -0.1) is 0 Å². The van der Waals surface area contributed by atoms with E-state index < -0.39 is 0 Å². The Balaban J connectivity index is 1.83. The van der Waals surface area contributed by atoms with Crippen molar-refractivity contribution in [2.45, 2.75) is 27.3 Å². The van der Waals surface area contributed by atoms with Gasteiger partial charge in [-0.3, -0.25) is 14.2 Å². The van der Waals surface area contributed by atoms with Crippen LogP contribution in [0.5, 0.6) is 0 Å². The van der Waals surface area contributed by atoms with Crippen LogP contribution < -0.4 is 5.32 Å². The first-order valence-electron chi connectivity index (χ1n) is 9.22. The average molecular weight is 374 g/mol. The van der Waals surface area contributed by atoms with Crippen LogP contribution in [0, 0.1) is 13.8 Å². The Kier molecular flexibility index (Phi) is 4.43. The highest BCUT2D eigenvalue weighted by molar-refractivity contribution is 6.13. The summed E-state index contributed by atoms with van der Waals surface area (Å²) >= 11 is 0. The first kappa shape index (κ1) is 17.9. The highest BCUT2D eigenvalue weighted by atomic mass is 16.1. The molecule has 0 fully saturated rings. The number of anilines is 1. The fraction of sp³-hybridized carbons (Fsp3) is 0.238. The Morgan fingerprint density at radius 2 is 2.00 bits per heavy atom. The third-order valence-electron chi connectivity index (χ3n) is 4.99. The van der Waals surface area contributed by atoms with Crippen molar-refractivity contribution >= 4 is 22.5 Å². The van der Waals surface area contributed by atoms with Crippen LogP contribution in [-0.2, 0) is 13.6 Å². The van der Waals surface area contributed by atoms with Crippen LogP contribution in [0.2, 0.25) is 0 Å². The molecule has 0 radical (unpaired) electrons. The van der Waals surface area contributed by atoms with Crippen molar-refractivity contribution in [3.63, 3.8) is 0 Å². The molecule has 142 valence electrons. The third kappa shape index (κ3) is 3.05. The van der Waals surface area contributed by atoms with Gasteiger partial charge in [0.25, 0.3) is 5.91 Å². The molecule has 7 nitrogen and oxygen atoms in total. The number of hydrogen-bond acceptors (Lipinski definition) is 4. The lowest BCUT2D eigenvalue weighted by atomic mass is 10.0. The minimum absolute atomic E-state index is 0.184. The summed E-state index contributed by atoms with van der Waals surface area (Å²) in [5, 5.41) is 12.5. The molecule has 0 spiro atoms. The zero-order valence-electron chi connectivity index (χ0n) is 16.4. The van der Waals surface area contributed by atoms with E-state index in [0.717, 1.165) is 40.1 Å². The van der Waals surface area contributed by atoms with Gasteiger partial charge in [-0.25, -0.2) is 4.98 Å². The van der Waals surface area contributed by atoms with E-state index in [-0.39, 0.29) is 5.91 Å². The lowest BCUT2D eigenvalue weighted by Gasteiger charge is -2.10. The standard InChI is InChI=1S/C21H22N6O/c1-5-27-12-17(13(2)25-27)19-10-16(15-8-6-7-9-18(15)23-19)21(28)24-20-11-22-26(4)14(20)3/h6-12H,5H2,1-4H3,(H,24,28). The molecular weight excluding hydrogens is 352 g/mol. The second-order valence-corrected chi connectivity index (χ2v) is 6.78. The first-order valence-corrected chi connectivity index (χ1v) is 9.22. The number of rotatable bonds is 4. The lowest BCUT2D eigenvalue weighted by Crippen LogP contribution is -2.13. The Labute approximate surface area is 163 Å². The molecule has 7 heteroatoms. The van der Waals surface area contributed by atoms with Gasteiger partial charge in [-0.2, -0.15) is 10.2 Å². The predicted molar refractivity (Wildman–Crippen MR) is 109 cm³/mol. The summed E-state index contributed by atoms with van der Waals surface area (Å²) < 4.78 is 3.61. The van der Waals surface area contributed by atoms with Gasteiger partial charge in [0.15, 0.2) is 0 Å². The zero-order chi connectivity index (χ0) is 19.8. The van der Waals surface area contributed by atoms with Crippen LogP contribution in [0.25, 0.3) is 22.2 Å². The number of pyridine rings is 1. The minimum Gasteiger partial charge on any atom is -0.319 e. The summed E-state index contributed by atoms with van der Waals surface area (Å²) in [4.78, 5) is 17.9. The van der Waals surface area contributed by atoms with Gasteiger partial charge in [-0.1, -0.05) is 18.2 Å². The summed E-state index contributed by atoms with van der Waals surface area (Å²) in [5.41, 5.74) is 5.50. The highest BCUT2D eigenvalue weighted by Crippen LogP contribution is 2.27. The normalized spacial score (nSPS) is 11.1. The molecule has 3 heterocycles. The van der Waals surface area contributed by atoms with Crippen LogP contribution in [0.3, 0.4) is 0 Å². The molecule has 1 N–H and O–H groups in total. The van der Waals surface area contributed by atoms with Gasteiger partial charge in [0.2, 0.25) is 0 Å². The van der Waals surface area contributed by atoms with Gasteiger partial charge >= 0.3 is 0 Å². The molecule has 1 amide bonds. The van der Waals surface area contributed by atoms with Crippen LogP contribution in [-0.4, -0.2) is 30.5 Å². The van der Waals surface area contributed by atoms with E-state index in [1.807, 2.05) is 69.0 Å². The van der Waals surface area contributed by atoms with Crippen LogP contribution >= 0.6 is 0 Å². The van der Waals surface area contributed by atoms with Crippen molar-refractivity contribution in [2.24, 2.45) is 7.05 Å². The molecule has 0 bridgehead atoms. The number of fused-ring (bicyclic) bond motifs is 1. The smallest absolute Gasteiger partial charge is 0.256 e. The fourth-order valence-electron chi connectivity index (χ4n) is 3.24. The van der Waals surface area contributed by atoms with Gasteiger partial charge in [0.05, 0.1) is 40.0 Å². The van der Waals surface area contributed by atoms with Crippen LogP contribution in [0.15, 0.2) is 42.7 Å². The first-order chi connectivity index (χ1) is 13.5. The predicted octanol–water partition coefficient (Wildman–Crippen LogP) is 3.72. The molecule has 0 unspecified atom stereocenters. The maximum absolute atomic E-state index is 13.1. The number of aromatic nitrogens is 5. The molecule has 0 saturated heterocycles. The number of hydrogen-bond donors (Lipinski definition) is 1. The van der Waals surface area contributed by atoms with Crippen LogP contribution in [0.1, 0.15) is 28.7 Å². The van der Waals surface area contributed by atoms with Crippen molar-refractivity contribution in [2.75, 3.05) is 5.32 Å². The summed E-state index contributed by atoms with van der Waals surface area (Å²) in [6.45, 7) is 6.69. The van der Waals surface area contributed by atoms with Gasteiger partial charge in [0, 0.05) is 30.7 Å². The van der Waals surface area contributed by atoms with Crippen molar-refractivity contribution in [1.29, 1.82) is 0 Å². The summed E-state index contributed by atoms with van der Waals surface area (Å²) in [6, 6.07) is 9.52. The maximum atomic E-state index is 13.1. The quantitative estimate of drug-likeness (QED) is 0.590. The third-order valence-corrected chi connectivity index (χ3v) is 4.99. The molecule has 0 aliphatic carbocycles. The number of nitrogens with zero attached hydrogens (tertiary/aromatic N) is 5. The van der Waals surface area contributed by atoms with E-state index >= 15 is 0 Å². The average Bonchev–Trinajstić information content (AvgIpc) is 3.24. The number of benzene rings is 1. The van der Waals surface area contributed by atoms with Gasteiger partial charge < -0.3 is 5.32 Å². The highest BCUT2D eigenvalue weighted by Gasteiger charge is 2.17. The van der Waals surface area contributed by atoms with Crippen molar-refractivity contribution in [1.82, 2.24) is 24.5 Å². The molecule has 28 heavy (non-hydrogen) atoms.